The zero-order valence-corrected chi connectivity index (χ0v) is 16.7. The summed E-state index contributed by atoms with van der Waals surface area (Å²) >= 11 is 1.18. The molecule has 0 N–H and O–H groups in total. The predicted octanol–water partition coefficient (Wildman–Crippen LogP) is 5.22. The van der Waals surface area contributed by atoms with Crippen LogP contribution in [0.4, 0.5) is 13.2 Å². The Balaban J connectivity index is 1.69. The molecule has 4 aromatic rings. The summed E-state index contributed by atoms with van der Waals surface area (Å²) in [5.41, 5.74) is -0.572. The van der Waals surface area contributed by atoms with Gasteiger partial charge in [-0.05, 0) is 42.5 Å². The maximum absolute atomic E-state index is 13.2. The monoisotopic (exact) mass is 449 g/mol. The number of nitrogens with zero attached hydrogens (tertiary/aromatic N) is 3. The van der Waals surface area contributed by atoms with Gasteiger partial charge in [-0.1, -0.05) is 17.8 Å². The van der Waals surface area contributed by atoms with Crippen LogP contribution < -0.4 is 0 Å². The van der Waals surface area contributed by atoms with Crippen LogP contribution in [0.25, 0.3) is 17.3 Å². The predicted molar refractivity (Wildman–Crippen MR) is 104 cm³/mol. The van der Waals surface area contributed by atoms with Crippen molar-refractivity contribution >= 4 is 17.7 Å². The van der Waals surface area contributed by atoms with Crippen molar-refractivity contribution in [3.8, 4) is 17.3 Å². The molecule has 3 aromatic heterocycles. The van der Waals surface area contributed by atoms with Crippen LogP contribution in [0.1, 0.15) is 21.9 Å². The third kappa shape index (κ3) is 4.36. The van der Waals surface area contributed by atoms with E-state index in [1.165, 1.54) is 47.9 Å². The van der Waals surface area contributed by atoms with E-state index < -0.39 is 17.7 Å². The molecule has 4 rings (SSSR count). The number of halogens is 3. The largest absolute Gasteiger partial charge is 0.463 e. The lowest BCUT2D eigenvalue weighted by molar-refractivity contribution is -0.137. The standard InChI is InChI=1S/C20H14F3N3O4S/c1-28-18(27)16-8-7-14(30-16)11-31-19-25-24-17(15-6-3-9-29-15)26(19)13-5-2-4-12(10-13)20(21,22)23/h2-10H,11H2,1H3. The first kappa shape index (κ1) is 20.8. The first-order valence-corrected chi connectivity index (χ1v) is 9.82. The molecule has 0 radical (unpaired) electrons. The van der Waals surface area contributed by atoms with Gasteiger partial charge in [0.2, 0.25) is 11.6 Å². The van der Waals surface area contributed by atoms with Crippen molar-refractivity contribution in [1.82, 2.24) is 14.8 Å². The fraction of sp³-hybridized carbons (Fsp3) is 0.150. The van der Waals surface area contributed by atoms with Crippen molar-refractivity contribution in [3.05, 3.63) is 71.9 Å². The van der Waals surface area contributed by atoms with E-state index in [0.29, 0.717) is 16.7 Å². The van der Waals surface area contributed by atoms with Crippen LogP contribution in [0.2, 0.25) is 0 Å². The molecule has 31 heavy (non-hydrogen) atoms. The Morgan fingerprint density at radius 2 is 2.00 bits per heavy atom. The minimum Gasteiger partial charge on any atom is -0.463 e. The van der Waals surface area contributed by atoms with Crippen molar-refractivity contribution in [2.75, 3.05) is 7.11 Å². The van der Waals surface area contributed by atoms with Crippen molar-refractivity contribution in [2.45, 2.75) is 17.1 Å². The van der Waals surface area contributed by atoms with Crippen LogP contribution in [0.3, 0.4) is 0 Å². The van der Waals surface area contributed by atoms with Crippen LogP contribution in [0, 0.1) is 0 Å². The Morgan fingerprint density at radius 1 is 1.16 bits per heavy atom. The number of hydrogen-bond donors (Lipinski definition) is 0. The van der Waals surface area contributed by atoms with Gasteiger partial charge >= 0.3 is 12.1 Å². The van der Waals surface area contributed by atoms with E-state index in [1.807, 2.05) is 0 Å². The molecule has 7 nitrogen and oxygen atoms in total. The summed E-state index contributed by atoms with van der Waals surface area (Å²) in [6, 6.07) is 11.2. The number of ether oxygens (including phenoxy) is 1. The molecule has 0 spiro atoms. The van der Waals surface area contributed by atoms with Gasteiger partial charge < -0.3 is 13.6 Å². The third-order valence-corrected chi connectivity index (χ3v) is 5.15. The highest BCUT2D eigenvalue weighted by Gasteiger charge is 2.31. The van der Waals surface area contributed by atoms with E-state index >= 15 is 0 Å². The molecule has 0 saturated heterocycles. The average molecular weight is 449 g/mol. The number of esters is 1. The molecule has 0 fully saturated rings. The zero-order valence-electron chi connectivity index (χ0n) is 15.9. The van der Waals surface area contributed by atoms with Crippen molar-refractivity contribution in [3.63, 3.8) is 0 Å². The number of furan rings is 2. The first-order valence-electron chi connectivity index (χ1n) is 8.83. The average Bonchev–Trinajstić information content (AvgIpc) is 3.51. The molecule has 0 atom stereocenters. The van der Waals surface area contributed by atoms with Crippen LogP contribution in [0.5, 0.6) is 0 Å². The number of rotatable bonds is 6. The fourth-order valence-corrected chi connectivity index (χ4v) is 3.63. The van der Waals surface area contributed by atoms with Gasteiger partial charge in [0.1, 0.15) is 5.76 Å². The lowest BCUT2D eigenvalue weighted by Gasteiger charge is -2.12. The number of aromatic nitrogens is 3. The van der Waals surface area contributed by atoms with E-state index in [4.69, 9.17) is 8.83 Å². The summed E-state index contributed by atoms with van der Waals surface area (Å²) in [4.78, 5) is 11.5. The number of benzene rings is 1. The first-order chi connectivity index (χ1) is 14.9. The van der Waals surface area contributed by atoms with Gasteiger partial charge in [-0.3, -0.25) is 4.57 Å². The summed E-state index contributed by atoms with van der Waals surface area (Å²) in [5, 5.41) is 8.53. The zero-order chi connectivity index (χ0) is 22.0. The quantitative estimate of drug-likeness (QED) is 0.295. The van der Waals surface area contributed by atoms with Crippen LogP contribution in [-0.4, -0.2) is 27.8 Å². The van der Waals surface area contributed by atoms with Gasteiger partial charge in [0, 0.05) is 0 Å². The Hall–Kier alpha value is -3.47. The van der Waals surface area contributed by atoms with Crippen molar-refractivity contribution in [1.29, 1.82) is 0 Å². The maximum Gasteiger partial charge on any atom is 0.416 e. The Kier molecular flexibility index (Phi) is 5.59. The molecular weight excluding hydrogens is 435 g/mol. The molecule has 160 valence electrons. The van der Waals surface area contributed by atoms with Crippen LogP contribution in [0.15, 0.2) is 68.8 Å². The molecule has 11 heteroatoms. The maximum atomic E-state index is 13.2. The van der Waals surface area contributed by atoms with E-state index in [2.05, 4.69) is 14.9 Å². The van der Waals surface area contributed by atoms with Gasteiger partial charge in [-0.15, -0.1) is 10.2 Å². The second-order valence-electron chi connectivity index (χ2n) is 6.21. The number of hydrogen-bond acceptors (Lipinski definition) is 7. The number of carbonyl (C=O) groups excluding carboxylic acids is 1. The van der Waals surface area contributed by atoms with E-state index in [0.717, 1.165) is 12.1 Å². The van der Waals surface area contributed by atoms with Gasteiger partial charge in [-0.25, -0.2) is 4.79 Å². The molecule has 0 amide bonds. The normalized spacial score (nSPS) is 11.6. The summed E-state index contributed by atoms with van der Waals surface area (Å²) in [5.74, 6) is 0.761. The van der Waals surface area contributed by atoms with Crippen LogP contribution in [-0.2, 0) is 16.7 Å². The van der Waals surface area contributed by atoms with E-state index in [-0.39, 0.29) is 23.0 Å². The lowest BCUT2D eigenvalue weighted by Crippen LogP contribution is -2.07. The van der Waals surface area contributed by atoms with Crippen molar-refractivity contribution < 1.29 is 31.5 Å². The minimum atomic E-state index is -4.50. The second kappa shape index (κ2) is 8.34. The minimum absolute atomic E-state index is 0.0497. The molecule has 0 bridgehead atoms. The van der Waals surface area contributed by atoms with Crippen molar-refractivity contribution in [2.24, 2.45) is 0 Å². The second-order valence-corrected chi connectivity index (χ2v) is 7.16. The van der Waals surface area contributed by atoms with Gasteiger partial charge in [-0.2, -0.15) is 13.2 Å². The van der Waals surface area contributed by atoms with Crippen LogP contribution >= 0.6 is 11.8 Å². The molecule has 3 heterocycles. The fourth-order valence-electron chi connectivity index (χ4n) is 2.78. The summed E-state index contributed by atoms with van der Waals surface area (Å²) in [6.45, 7) is 0. The third-order valence-electron chi connectivity index (χ3n) is 4.20. The molecular formula is C20H14F3N3O4S. The summed E-state index contributed by atoms with van der Waals surface area (Å²) in [7, 11) is 1.24. The molecule has 0 saturated carbocycles. The Morgan fingerprint density at radius 3 is 2.71 bits per heavy atom. The molecule has 1 aromatic carbocycles. The van der Waals surface area contributed by atoms with E-state index in [1.54, 1.807) is 18.2 Å². The SMILES string of the molecule is COC(=O)c1ccc(CSc2nnc(-c3ccco3)n2-c2cccc(C(F)(F)F)c2)o1. The lowest BCUT2D eigenvalue weighted by atomic mass is 10.2. The number of carbonyl (C=O) groups is 1. The van der Waals surface area contributed by atoms with E-state index in [9.17, 15) is 18.0 Å². The Bertz CT molecular complexity index is 1200. The summed E-state index contributed by atoms with van der Waals surface area (Å²) < 4.78 is 56.6. The van der Waals surface area contributed by atoms with Gasteiger partial charge in [0.15, 0.2) is 10.9 Å². The van der Waals surface area contributed by atoms with Gasteiger partial charge in [0.05, 0.1) is 30.4 Å². The topological polar surface area (TPSA) is 83.3 Å². The molecule has 0 aliphatic carbocycles. The highest BCUT2D eigenvalue weighted by molar-refractivity contribution is 7.98. The highest BCUT2D eigenvalue weighted by Crippen LogP contribution is 2.34. The number of methoxy groups -OCH3 is 1. The van der Waals surface area contributed by atoms with Gasteiger partial charge in [0.25, 0.3) is 0 Å². The smallest absolute Gasteiger partial charge is 0.416 e. The molecule has 0 aliphatic rings. The summed E-state index contributed by atoms with van der Waals surface area (Å²) in [6.07, 6.45) is -3.06. The molecule has 0 unspecified atom stereocenters. The molecule has 0 aliphatic heterocycles. The number of alkyl halides is 3. The number of thioether (sulfide) groups is 1. The highest BCUT2D eigenvalue weighted by atomic mass is 32.2. The Labute approximate surface area is 177 Å².